The van der Waals surface area contributed by atoms with Crippen molar-refractivity contribution in [2.75, 3.05) is 12.3 Å². The zero-order valence-electron chi connectivity index (χ0n) is 10.4. The van der Waals surface area contributed by atoms with Gasteiger partial charge in [-0.05, 0) is 12.1 Å². The summed E-state index contributed by atoms with van der Waals surface area (Å²) in [5.41, 5.74) is 6.33. The molecule has 7 heteroatoms. The Hall–Kier alpha value is -2.31. The maximum Gasteiger partial charge on any atom is 0.390 e. The number of fused-ring (bicyclic) bond motifs is 1. The number of para-hydroxylation sites is 1. The quantitative estimate of drug-likeness (QED) is 0.909. The zero-order chi connectivity index (χ0) is 14.8. The highest BCUT2D eigenvalue weighted by Gasteiger charge is 2.26. The molecule has 106 valence electrons. The van der Waals surface area contributed by atoms with Gasteiger partial charge in [0.15, 0.2) is 0 Å². The molecule has 1 aromatic heterocycles. The van der Waals surface area contributed by atoms with Crippen molar-refractivity contribution >= 4 is 22.6 Å². The number of alkyl halides is 3. The number of halogens is 3. The van der Waals surface area contributed by atoms with Crippen LogP contribution in [0.15, 0.2) is 30.3 Å². The summed E-state index contributed by atoms with van der Waals surface area (Å²) in [6.07, 6.45) is -5.37. The Morgan fingerprint density at radius 2 is 2.00 bits per heavy atom. The van der Waals surface area contributed by atoms with Crippen LogP contribution in [0, 0.1) is 0 Å². The van der Waals surface area contributed by atoms with E-state index in [0.717, 1.165) is 0 Å². The molecule has 0 bridgehead atoms. The summed E-state index contributed by atoms with van der Waals surface area (Å²) in [4.78, 5) is 16.0. The van der Waals surface area contributed by atoms with Crippen LogP contribution in [-0.2, 0) is 0 Å². The monoisotopic (exact) mass is 283 g/mol. The van der Waals surface area contributed by atoms with Crippen molar-refractivity contribution in [1.29, 1.82) is 0 Å². The number of nitrogen functional groups attached to an aromatic ring is 1. The van der Waals surface area contributed by atoms with Crippen molar-refractivity contribution in [3.63, 3.8) is 0 Å². The average Bonchev–Trinajstić information content (AvgIpc) is 2.36. The Morgan fingerprint density at radius 1 is 1.30 bits per heavy atom. The molecule has 0 unspecified atom stereocenters. The highest BCUT2D eigenvalue weighted by atomic mass is 19.4. The van der Waals surface area contributed by atoms with Gasteiger partial charge in [-0.3, -0.25) is 4.79 Å². The van der Waals surface area contributed by atoms with E-state index in [2.05, 4.69) is 10.3 Å². The van der Waals surface area contributed by atoms with Crippen LogP contribution >= 0.6 is 0 Å². The van der Waals surface area contributed by atoms with Gasteiger partial charge in [0.05, 0.1) is 17.5 Å². The second kappa shape index (κ2) is 5.36. The first-order chi connectivity index (χ1) is 9.37. The number of hydrogen-bond donors (Lipinski definition) is 2. The highest BCUT2D eigenvalue weighted by molar-refractivity contribution is 6.06. The van der Waals surface area contributed by atoms with Crippen LogP contribution < -0.4 is 11.1 Å². The highest BCUT2D eigenvalue weighted by Crippen LogP contribution is 2.20. The molecule has 0 saturated carbocycles. The van der Waals surface area contributed by atoms with Crippen molar-refractivity contribution < 1.29 is 18.0 Å². The van der Waals surface area contributed by atoms with Crippen LogP contribution in [0.3, 0.4) is 0 Å². The van der Waals surface area contributed by atoms with Crippen molar-refractivity contribution in [1.82, 2.24) is 10.3 Å². The van der Waals surface area contributed by atoms with Crippen LogP contribution in [0.4, 0.5) is 19.0 Å². The number of anilines is 1. The minimum absolute atomic E-state index is 0.143. The predicted octanol–water partition coefficient (Wildman–Crippen LogP) is 2.50. The summed E-state index contributed by atoms with van der Waals surface area (Å²) in [5, 5.41) is 2.78. The van der Waals surface area contributed by atoms with Gasteiger partial charge in [-0.2, -0.15) is 13.2 Å². The van der Waals surface area contributed by atoms with Crippen LogP contribution in [0.25, 0.3) is 10.9 Å². The second-order valence-electron chi connectivity index (χ2n) is 4.23. The van der Waals surface area contributed by atoms with Gasteiger partial charge in [-0.25, -0.2) is 4.98 Å². The lowest BCUT2D eigenvalue weighted by molar-refractivity contribution is -0.132. The summed E-state index contributed by atoms with van der Waals surface area (Å²) in [5.74, 6) is -0.454. The zero-order valence-corrected chi connectivity index (χ0v) is 10.4. The lowest BCUT2D eigenvalue weighted by atomic mass is 10.1. The summed E-state index contributed by atoms with van der Waals surface area (Å²) >= 11 is 0. The smallest absolute Gasteiger partial charge is 0.384 e. The van der Waals surface area contributed by atoms with E-state index in [0.29, 0.717) is 10.9 Å². The van der Waals surface area contributed by atoms with Crippen molar-refractivity contribution in [2.45, 2.75) is 12.6 Å². The molecule has 4 nitrogen and oxygen atoms in total. The normalized spacial score (nSPS) is 11.6. The number of nitrogens with zero attached hydrogens (tertiary/aromatic N) is 1. The van der Waals surface area contributed by atoms with Gasteiger partial charge in [-0.15, -0.1) is 0 Å². The topological polar surface area (TPSA) is 68.0 Å². The fourth-order valence-electron chi connectivity index (χ4n) is 1.80. The lowest BCUT2D eigenvalue weighted by Crippen LogP contribution is -2.28. The molecule has 0 aliphatic heterocycles. The van der Waals surface area contributed by atoms with Gasteiger partial charge >= 0.3 is 6.18 Å². The summed E-state index contributed by atoms with van der Waals surface area (Å²) in [7, 11) is 0. The maximum absolute atomic E-state index is 12.0. The number of carbonyl (C=O) groups excluding carboxylic acids is 1. The first kappa shape index (κ1) is 14.1. The number of nitrogens with one attached hydrogen (secondary N) is 1. The van der Waals surface area contributed by atoms with E-state index >= 15 is 0 Å². The molecule has 2 rings (SSSR count). The van der Waals surface area contributed by atoms with E-state index in [1.807, 2.05) is 0 Å². The Labute approximate surface area is 112 Å². The molecule has 1 heterocycles. The van der Waals surface area contributed by atoms with Crippen LogP contribution in [-0.4, -0.2) is 23.6 Å². The van der Waals surface area contributed by atoms with Gasteiger partial charge in [0, 0.05) is 11.9 Å². The number of hydrogen-bond acceptors (Lipinski definition) is 3. The molecule has 0 fully saturated rings. The molecule has 0 radical (unpaired) electrons. The minimum atomic E-state index is -4.30. The molecule has 1 aromatic carbocycles. The van der Waals surface area contributed by atoms with Crippen LogP contribution in [0.1, 0.15) is 16.8 Å². The number of pyridine rings is 1. The third kappa shape index (κ3) is 3.37. The SMILES string of the molecule is Nc1cc(C(=O)NCCC(F)(F)F)c2ccccc2n1. The Kier molecular flexibility index (Phi) is 3.78. The van der Waals surface area contributed by atoms with Crippen molar-refractivity contribution in [3.05, 3.63) is 35.9 Å². The second-order valence-corrected chi connectivity index (χ2v) is 4.23. The molecule has 3 N–H and O–H groups in total. The third-order valence-corrected chi connectivity index (χ3v) is 2.67. The first-order valence-corrected chi connectivity index (χ1v) is 5.87. The molecule has 20 heavy (non-hydrogen) atoms. The molecule has 0 spiro atoms. The van der Waals surface area contributed by atoms with E-state index in [4.69, 9.17) is 5.73 Å². The Bertz CT molecular complexity index is 640. The summed E-state index contributed by atoms with van der Waals surface area (Å²) < 4.78 is 36.1. The van der Waals surface area contributed by atoms with Crippen molar-refractivity contribution in [3.8, 4) is 0 Å². The third-order valence-electron chi connectivity index (χ3n) is 2.67. The van der Waals surface area contributed by atoms with Gasteiger partial charge in [0.25, 0.3) is 5.91 Å². The molecule has 0 aliphatic rings. The predicted molar refractivity (Wildman–Crippen MR) is 69.2 cm³/mol. The van der Waals surface area contributed by atoms with E-state index in [9.17, 15) is 18.0 Å². The number of amides is 1. The first-order valence-electron chi connectivity index (χ1n) is 5.87. The molecule has 1 amide bonds. The van der Waals surface area contributed by atoms with E-state index in [-0.39, 0.29) is 11.4 Å². The standard InChI is InChI=1S/C13H12F3N3O/c14-13(15,16)5-6-18-12(20)9-7-11(17)19-10-4-2-1-3-8(9)10/h1-4,7H,5-6H2,(H2,17,19)(H,18,20). The largest absolute Gasteiger partial charge is 0.390 e. The Balaban J connectivity index is 2.22. The number of nitrogens with two attached hydrogens (primary N) is 1. The molecular weight excluding hydrogens is 271 g/mol. The van der Waals surface area contributed by atoms with Crippen LogP contribution in [0.5, 0.6) is 0 Å². The molecular formula is C13H12F3N3O. The number of aromatic nitrogens is 1. The summed E-state index contributed by atoms with van der Waals surface area (Å²) in [6.45, 7) is -0.473. The fraction of sp³-hybridized carbons (Fsp3) is 0.231. The van der Waals surface area contributed by atoms with Gasteiger partial charge < -0.3 is 11.1 Å². The van der Waals surface area contributed by atoms with Gasteiger partial charge in [0.1, 0.15) is 5.82 Å². The minimum Gasteiger partial charge on any atom is -0.384 e. The fourth-order valence-corrected chi connectivity index (χ4v) is 1.80. The molecule has 0 aliphatic carbocycles. The van der Waals surface area contributed by atoms with Crippen LogP contribution in [0.2, 0.25) is 0 Å². The van der Waals surface area contributed by atoms with Gasteiger partial charge in [-0.1, -0.05) is 18.2 Å². The average molecular weight is 283 g/mol. The number of rotatable bonds is 3. The van der Waals surface area contributed by atoms with Gasteiger partial charge in [0.2, 0.25) is 0 Å². The molecule has 0 atom stereocenters. The van der Waals surface area contributed by atoms with E-state index in [1.165, 1.54) is 6.07 Å². The maximum atomic E-state index is 12.0. The molecule has 2 aromatic rings. The van der Waals surface area contributed by atoms with E-state index < -0.39 is 25.0 Å². The number of carbonyl (C=O) groups is 1. The van der Waals surface area contributed by atoms with Crippen molar-refractivity contribution in [2.24, 2.45) is 0 Å². The lowest BCUT2D eigenvalue weighted by Gasteiger charge is -2.10. The van der Waals surface area contributed by atoms with E-state index in [1.54, 1.807) is 24.3 Å². The number of benzene rings is 1. The Morgan fingerprint density at radius 3 is 2.70 bits per heavy atom. The molecule has 0 saturated heterocycles. The summed E-state index contributed by atoms with van der Waals surface area (Å²) in [6, 6.07) is 8.15.